The molecule has 3 heterocycles. The summed E-state index contributed by atoms with van der Waals surface area (Å²) < 4.78 is 28.1. The highest BCUT2D eigenvalue weighted by molar-refractivity contribution is 5.89. The summed E-state index contributed by atoms with van der Waals surface area (Å²) in [5.74, 6) is -1.68. The summed E-state index contributed by atoms with van der Waals surface area (Å²) in [6, 6.07) is 5.43. The average Bonchev–Trinajstić information content (AvgIpc) is 3.44. The Morgan fingerprint density at radius 2 is 1.79 bits per heavy atom. The fourth-order valence-electron chi connectivity index (χ4n) is 5.08. The van der Waals surface area contributed by atoms with Gasteiger partial charge in [0.15, 0.2) is 12.4 Å². The number of aromatic hydroxyl groups is 1. The summed E-state index contributed by atoms with van der Waals surface area (Å²) in [6.45, 7) is 1.05. The first-order valence-electron chi connectivity index (χ1n) is 10.8. The third-order valence-corrected chi connectivity index (χ3v) is 7.01. The van der Waals surface area contributed by atoms with E-state index in [2.05, 4.69) is 0 Å². The molecule has 0 spiro atoms. The Morgan fingerprint density at radius 3 is 2.47 bits per heavy atom. The number of benzene rings is 1. The third-order valence-electron chi connectivity index (χ3n) is 7.01. The molecule has 0 radical (unpaired) electrons. The van der Waals surface area contributed by atoms with Gasteiger partial charge in [-0.05, 0) is 37.3 Å². The number of hydrogen-bond donors (Lipinski definition) is 6. The van der Waals surface area contributed by atoms with Gasteiger partial charge in [0, 0.05) is 0 Å². The van der Waals surface area contributed by atoms with Crippen LogP contribution < -0.4 is 0 Å². The highest BCUT2D eigenvalue weighted by Gasteiger charge is 2.80. The fourth-order valence-corrected chi connectivity index (χ4v) is 5.08. The number of aliphatic hydroxyl groups excluding tert-OH is 4. The molecule has 3 aliphatic heterocycles. The van der Waals surface area contributed by atoms with Crippen LogP contribution in [-0.4, -0.2) is 104 Å². The van der Waals surface area contributed by atoms with Gasteiger partial charge < -0.3 is 54.3 Å². The van der Waals surface area contributed by atoms with Crippen molar-refractivity contribution >= 4 is 5.97 Å². The molecular weight excluding hydrogens is 456 g/mol. The first-order valence-corrected chi connectivity index (χ1v) is 10.8. The van der Waals surface area contributed by atoms with Crippen LogP contribution in [0.2, 0.25) is 0 Å². The summed E-state index contributed by atoms with van der Waals surface area (Å²) in [7, 11) is 0. The molecule has 6 N–H and O–H groups in total. The number of fused-ring (bicyclic) bond motifs is 3. The minimum Gasteiger partial charge on any atom is -0.508 e. The third kappa shape index (κ3) is 3.49. The van der Waals surface area contributed by atoms with Crippen molar-refractivity contribution in [2.24, 2.45) is 5.92 Å². The first-order chi connectivity index (χ1) is 16.1. The average molecular weight is 482 g/mol. The predicted octanol–water partition coefficient (Wildman–Crippen LogP) is -1.88. The van der Waals surface area contributed by atoms with Crippen LogP contribution in [0.5, 0.6) is 5.75 Å². The zero-order valence-corrected chi connectivity index (χ0v) is 18.0. The van der Waals surface area contributed by atoms with Gasteiger partial charge in [0.05, 0.1) is 24.4 Å². The molecule has 4 aliphatic rings. The maximum absolute atomic E-state index is 12.7. The predicted molar refractivity (Wildman–Crippen MR) is 108 cm³/mol. The molecule has 0 aromatic heterocycles. The van der Waals surface area contributed by atoms with Crippen LogP contribution in [0.15, 0.2) is 36.6 Å². The number of phenolic OH excluding ortho intramolecular Hbond substituents is 1. The number of esters is 1. The molecule has 11 unspecified atom stereocenters. The summed E-state index contributed by atoms with van der Waals surface area (Å²) in [5, 5.41) is 60.7. The van der Waals surface area contributed by atoms with E-state index in [4.69, 9.17) is 23.7 Å². The van der Waals surface area contributed by atoms with Crippen LogP contribution >= 0.6 is 0 Å². The second-order valence-electron chi connectivity index (χ2n) is 9.10. The molecule has 3 fully saturated rings. The van der Waals surface area contributed by atoms with Crippen molar-refractivity contribution in [3.05, 3.63) is 42.2 Å². The minimum atomic E-state index is -1.76. The SMILES string of the molecule is CC12OC1C(OC(=O)c1ccc(O)cc1)C1(O)C=COC(OC3OC(CO)C(O)C(O)C3O)C12. The van der Waals surface area contributed by atoms with Gasteiger partial charge in [-0.3, -0.25) is 0 Å². The molecule has 1 aromatic carbocycles. The molecule has 34 heavy (non-hydrogen) atoms. The second-order valence-corrected chi connectivity index (χ2v) is 9.10. The highest BCUT2D eigenvalue weighted by Crippen LogP contribution is 2.62. The number of epoxide rings is 1. The van der Waals surface area contributed by atoms with Gasteiger partial charge in [-0.2, -0.15) is 0 Å². The van der Waals surface area contributed by atoms with Gasteiger partial charge in [0.2, 0.25) is 6.29 Å². The Morgan fingerprint density at radius 1 is 1.09 bits per heavy atom. The maximum atomic E-state index is 12.7. The largest absolute Gasteiger partial charge is 0.508 e. The van der Waals surface area contributed by atoms with Gasteiger partial charge in [0.1, 0.15) is 47.5 Å². The minimum absolute atomic E-state index is 0.0187. The lowest BCUT2D eigenvalue weighted by Crippen LogP contribution is -2.62. The van der Waals surface area contributed by atoms with Crippen molar-refractivity contribution < 1.29 is 59.1 Å². The van der Waals surface area contributed by atoms with Gasteiger partial charge in [-0.1, -0.05) is 0 Å². The van der Waals surface area contributed by atoms with Crippen LogP contribution in [0, 0.1) is 5.92 Å². The van der Waals surface area contributed by atoms with Crippen molar-refractivity contribution in [2.45, 2.75) is 67.3 Å². The van der Waals surface area contributed by atoms with Crippen LogP contribution in [0.25, 0.3) is 0 Å². The number of aliphatic hydroxyl groups is 5. The van der Waals surface area contributed by atoms with Crippen LogP contribution in [-0.2, 0) is 23.7 Å². The van der Waals surface area contributed by atoms with E-state index >= 15 is 0 Å². The van der Waals surface area contributed by atoms with Crippen LogP contribution in [0.1, 0.15) is 17.3 Å². The molecule has 1 saturated carbocycles. The maximum Gasteiger partial charge on any atom is 0.338 e. The molecule has 2 saturated heterocycles. The lowest BCUT2D eigenvalue weighted by atomic mass is 9.82. The van der Waals surface area contributed by atoms with E-state index in [9.17, 15) is 35.4 Å². The van der Waals surface area contributed by atoms with E-state index in [1.807, 2.05) is 0 Å². The fraction of sp³-hybridized carbons (Fsp3) is 0.591. The van der Waals surface area contributed by atoms with Crippen LogP contribution in [0.4, 0.5) is 0 Å². The monoisotopic (exact) mass is 482 g/mol. The molecule has 1 aliphatic carbocycles. The number of hydrogen-bond acceptors (Lipinski definition) is 12. The molecule has 11 atom stereocenters. The summed E-state index contributed by atoms with van der Waals surface area (Å²) in [4.78, 5) is 12.7. The molecule has 12 nitrogen and oxygen atoms in total. The lowest BCUT2D eigenvalue weighted by Gasteiger charge is -2.45. The normalized spacial score (nSPS) is 46.8. The topological polar surface area (TPSA) is 188 Å². The van der Waals surface area contributed by atoms with E-state index < -0.39 is 78.9 Å². The van der Waals surface area contributed by atoms with E-state index in [1.165, 1.54) is 36.6 Å². The van der Waals surface area contributed by atoms with E-state index in [0.717, 1.165) is 0 Å². The number of phenols is 1. The molecule has 5 rings (SSSR count). The Bertz CT molecular complexity index is 965. The van der Waals surface area contributed by atoms with Crippen molar-refractivity contribution in [3.8, 4) is 5.75 Å². The lowest BCUT2D eigenvalue weighted by molar-refractivity contribution is -0.349. The number of rotatable bonds is 5. The highest BCUT2D eigenvalue weighted by atomic mass is 16.8. The second kappa shape index (κ2) is 8.14. The van der Waals surface area contributed by atoms with E-state index in [1.54, 1.807) is 6.92 Å². The Labute approximate surface area is 193 Å². The summed E-state index contributed by atoms with van der Waals surface area (Å²) in [6.07, 6.45) is -8.15. The quantitative estimate of drug-likeness (QED) is 0.203. The van der Waals surface area contributed by atoms with Crippen molar-refractivity contribution in [1.29, 1.82) is 0 Å². The van der Waals surface area contributed by atoms with Crippen molar-refractivity contribution in [2.75, 3.05) is 6.61 Å². The standard InChI is InChI=1S/C22H26O12/c1-21-15-20(33-19-14(27)13(26)12(25)11(8-23)31-19)30-7-6-22(15,29)17(16(21)34-21)32-18(28)9-2-4-10(24)5-3-9/h2-7,11-17,19-20,23-27,29H,8H2,1H3. The Kier molecular flexibility index (Phi) is 5.61. The molecule has 0 amide bonds. The van der Waals surface area contributed by atoms with Gasteiger partial charge >= 0.3 is 5.97 Å². The molecular formula is C22H26O12. The van der Waals surface area contributed by atoms with Crippen molar-refractivity contribution in [1.82, 2.24) is 0 Å². The van der Waals surface area contributed by atoms with Gasteiger partial charge in [-0.15, -0.1) is 0 Å². The van der Waals surface area contributed by atoms with Gasteiger partial charge in [-0.25, -0.2) is 4.79 Å². The van der Waals surface area contributed by atoms with Crippen LogP contribution in [0.3, 0.4) is 0 Å². The van der Waals surface area contributed by atoms with E-state index in [0.29, 0.717) is 0 Å². The zero-order valence-electron chi connectivity index (χ0n) is 18.0. The molecule has 186 valence electrons. The van der Waals surface area contributed by atoms with E-state index in [-0.39, 0.29) is 11.3 Å². The summed E-state index contributed by atoms with van der Waals surface area (Å²) >= 11 is 0. The molecule has 12 heteroatoms. The van der Waals surface area contributed by atoms with Crippen molar-refractivity contribution in [3.63, 3.8) is 0 Å². The Hall–Kier alpha value is -2.29. The van der Waals surface area contributed by atoms with Gasteiger partial charge in [0.25, 0.3) is 0 Å². The summed E-state index contributed by atoms with van der Waals surface area (Å²) in [5.41, 5.74) is -2.61. The number of ether oxygens (including phenoxy) is 5. The molecule has 0 bridgehead atoms. The number of carbonyl (C=O) groups excluding carboxylic acids is 1. The molecule has 1 aromatic rings. The Balaban J connectivity index is 1.36. The smallest absolute Gasteiger partial charge is 0.338 e. The first kappa shape index (κ1) is 23.5. The zero-order chi connectivity index (χ0) is 24.4. The number of carbonyl (C=O) groups is 1.